The van der Waals surface area contributed by atoms with Crippen molar-refractivity contribution in [3.8, 4) is 5.75 Å². The van der Waals surface area contributed by atoms with E-state index in [2.05, 4.69) is 14.8 Å². The van der Waals surface area contributed by atoms with Crippen LogP contribution in [0.1, 0.15) is 25.8 Å². The van der Waals surface area contributed by atoms with Crippen LogP contribution >= 0.6 is 7.82 Å². The summed E-state index contributed by atoms with van der Waals surface area (Å²) in [6, 6.07) is 5.86. The average molecular weight is 442 g/mol. The molecule has 9 nitrogen and oxygen atoms in total. The van der Waals surface area contributed by atoms with Crippen molar-refractivity contribution >= 4 is 34.8 Å². The lowest BCUT2D eigenvalue weighted by Crippen LogP contribution is -2.18. The fraction of sp³-hybridized carbons (Fsp3) is 0.333. The molecule has 0 unspecified atom stereocenters. The van der Waals surface area contributed by atoms with E-state index >= 15 is 0 Å². The summed E-state index contributed by atoms with van der Waals surface area (Å²) in [7, 11) is -8.59. The summed E-state index contributed by atoms with van der Waals surface area (Å²) in [6.07, 6.45) is 2.76. The number of phosphoric ester groups is 1. The number of benzene rings is 1. The van der Waals surface area contributed by atoms with Crippen molar-refractivity contribution < 1.29 is 32.1 Å². The maximum absolute atomic E-state index is 12.7. The molecule has 0 spiro atoms. The van der Waals surface area contributed by atoms with E-state index in [4.69, 9.17) is 9.79 Å². The van der Waals surface area contributed by atoms with Crippen LogP contribution < -0.4 is 9.84 Å². The second-order valence-corrected chi connectivity index (χ2v) is 10.1. The number of aromatic nitrogens is 1. The molecule has 0 saturated carbocycles. The van der Waals surface area contributed by atoms with Gasteiger partial charge in [-0.15, -0.1) is 0 Å². The molecule has 0 bridgehead atoms. The van der Waals surface area contributed by atoms with Gasteiger partial charge in [0.25, 0.3) is 0 Å². The van der Waals surface area contributed by atoms with Gasteiger partial charge in [0, 0.05) is 24.5 Å². The van der Waals surface area contributed by atoms with Crippen molar-refractivity contribution in [1.29, 1.82) is 0 Å². The van der Waals surface area contributed by atoms with E-state index in [0.29, 0.717) is 11.3 Å². The molecule has 3 N–H and O–H groups in total. The normalized spacial score (nSPS) is 12.1. The van der Waals surface area contributed by atoms with Gasteiger partial charge in [-0.1, -0.05) is 13.8 Å². The number of nitrogens with zero attached hydrogens (tertiary/aromatic N) is 1. The van der Waals surface area contributed by atoms with Gasteiger partial charge >= 0.3 is 7.82 Å². The largest absolute Gasteiger partial charge is 0.524 e. The van der Waals surface area contributed by atoms with Gasteiger partial charge in [0.1, 0.15) is 22.2 Å². The maximum atomic E-state index is 12.7. The van der Waals surface area contributed by atoms with Crippen molar-refractivity contribution in [2.24, 2.45) is 5.92 Å². The molecule has 0 amide bonds. The monoisotopic (exact) mass is 442 g/mol. The summed E-state index contributed by atoms with van der Waals surface area (Å²) < 4.78 is 41.0. The molecular weight excluding hydrogens is 419 g/mol. The Morgan fingerprint density at radius 2 is 1.97 bits per heavy atom. The number of carbonyl (C=O) groups excluding carboxylic acids is 1. The molecule has 2 aromatic rings. The first-order valence-corrected chi connectivity index (χ1v) is 11.9. The molecule has 0 aliphatic carbocycles. The number of hydrogen-bond donors (Lipinski definition) is 3. The molecule has 1 aromatic heterocycles. The van der Waals surface area contributed by atoms with Crippen LogP contribution in [0.4, 0.5) is 11.4 Å². The molecule has 0 radical (unpaired) electrons. The van der Waals surface area contributed by atoms with Crippen molar-refractivity contribution in [3.63, 3.8) is 0 Å². The number of anilines is 2. The van der Waals surface area contributed by atoms with Crippen molar-refractivity contribution in [2.45, 2.75) is 32.1 Å². The van der Waals surface area contributed by atoms with E-state index in [9.17, 15) is 17.8 Å². The van der Waals surface area contributed by atoms with Crippen molar-refractivity contribution in [2.75, 3.05) is 11.1 Å². The number of hydrogen-bond acceptors (Lipinski definition) is 7. The van der Waals surface area contributed by atoms with Crippen LogP contribution in [0, 0.1) is 12.8 Å². The molecule has 29 heavy (non-hydrogen) atoms. The second-order valence-electron chi connectivity index (χ2n) is 6.95. The first-order chi connectivity index (χ1) is 13.4. The topological polar surface area (TPSA) is 143 Å². The third-order valence-corrected chi connectivity index (χ3v) is 5.91. The van der Waals surface area contributed by atoms with Gasteiger partial charge in [-0.25, -0.2) is 13.0 Å². The van der Waals surface area contributed by atoms with Gasteiger partial charge < -0.3 is 9.84 Å². The predicted octanol–water partition coefficient (Wildman–Crippen LogP) is 2.99. The summed E-state index contributed by atoms with van der Waals surface area (Å²) in [4.78, 5) is 33.6. The average Bonchev–Trinajstić information content (AvgIpc) is 2.55. The Morgan fingerprint density at radius 1 is 1.28 bits per heavy atom. The number of sulfone groups is 1. The van der Waals surface area contributed by atoms with E-state index in [1.54, 1.807) is 13.0 Å². The van der Waals surface area contributed by atoms with E-state index in [1.165, 1.54) is 30.6 Å². The highest BCUT2D eigenvalue weighted by molar-refractivity contribution is 7.92. The quantitative estimate of drug-likeness (QED) is 0.499. The number of pyridine rings is 1. The molecule has 0 aliphatic rings. The number of rotatable bonds is 9. The lowest BCUT2D eigenvalue weighted by molar-refractivity contribution is -0.117. The molecule has 1 aromatic carbocycles. The minimum Gasteiger partial charge on any atom is -0.404 e. The van der Waals surface area contributed by atoms with Gasteiger partial charge in [0.05, 0.1) is 5.69 Å². The molecule has 0 atom stereocenters. The molecule has 0 fully saturated rings. The van der Waals surface area contributed by atoms with Crippen LogP contribution in [0.5, 0.6) is 5.75 Å². The second kappa shape index (κ2) is 9.04. The van der Waals surface area contributed by atoms with Gasteiger partial charge in [-0.05, 0) is 42.7 Å². The Hall–Kier alpha value is -2.26. The third-order valence-electron chi connectivity index (χ3n) is 3.78. The summed E-state index contributed by atoms with van der Waals surface area (Å²) in [5.74, 6) is -0.920. The van der Waals surface area contributed by atoms with E-state index in [1.807, 2.05) is 13.8 Å². The predicted molar refractivity (Wildman–Crippen MR) is 108 cm³/mol. The van der Waals surface area contributed by atoms with E-state index in [-0.39, 0.29) is 34.5 Å². The van der Waals surface area contributed by atoms with Crippen LogP contribution in [0.15, 0.2) is 41.6 Å². The maximum Gasteiger partial charge on any atom is 0.524 e. The van der Waals surface area contributed by atoms with Crippen LogP contribution in [0.2, 0.25) is 0 Å². The van der Waals surface area contributed by atoms with Crippen LogP contribution in [0.3, 0.4) is 0 Å². The van der Waals surface area contributed by atoms with Crippen LogP contribution in [-0.2, 0) is 19.2 Å². The summed E-state index contributed by atoms with van der Waals surface area (Å²) in [5, 5.41) is 2.94. The van der Waals surface area contributed by atoms with E-state index in [0.717, 1.165) is 0 Å². The highest BCUT2D eigenvalue weighted by Gasteiger charge is 2.24. The smallest absolute Gasteiger partial charge is 0.404 e. The van der Waals surface area contributed by atoms with Crippen molar-refractivity contribution in [3.05, 3.63) is 42.2 Å². The molecule has 0 saturated heterocycles. The molecule has 1 heterocycles. The number of Topliss-reactive ketones (excluding diaryl/α,β-unsaturated/α-hetero) is 1. The Balaban J connectivity index is 2.28. The lowest BCUT2D eigenvalue weighted by atomic mass is 10.1. The number of phosphoric acid groups is 1. The minimum atomic E-state index is -4.69. The highest BCUT2D eigenvalue weighted by atomic mass is 32.2. The Labute approximate surface area is 169 Å². The van der Waals surface area contributed by atoms with Gasteiger partial charge in [-0.3, -0.25) is 19.6 Å². The third kappa shape index (κ3) is 6.93. The molecular formula is C18H23N2O7PS. The molecule has 158 valence electrons. The number of ketones is 1. The molecule has 2 rings (SSSR count). The fourth-order valence-corrected chi connectivity index (χ4v) is 4.48. The number of aryl methyl sites for hydroxylation is 1. The zero-order chi connectivity index (χ0) is 21.8. The zero-order valence-electron chi connectivity index (χ0n) is 16.2. The minimum absolute atomic E-state index is 0.00531. The highest BCUT2D eigenvalue weighted by Crippen LogP contribution is 2.39. The summed E-state index contributed by atoms with van der Waals surface area (Å²) in [6.45, 7) is 5.26. The number of carbonyl (C=O) groups is 1. The Bertz CT molecular complexity index is 1050. The van der Waals surface area contributed by atoms with Crippen molar-refractivity contribution in [1.82, 2.24) is 4.98 Å². The van der Waals surface area contributed by atoms with Gasteiger partial charge in [0.2, 0.25) is 0 Å². The standard InChI is InChI=1S/C18H23N2O7PS/c1-12(2)8-15(21)11-29(25,26)18-10-19-7-6-16(18)20-14-4-5-17(13(3)9-14)27-28(22,23)24/h4-7,9-10,12H,8,11H2,1-3H3,(H,19,20)(H2,22,23,24). The lowest BCUT2D eigenvalue weighted by Gasteiger charge is -2.14. The Kier molecular flexibility index (Phi) is 7.18. The van der Waals surface area contributed by atoms with E-state index < -0.39 is 23.4 Å². The first kappa shape index (κ1) is 23.0. The fourth-order valence-electron chi connectivity index (χ4n) is 2.65. The zero-order valence-corrected chi connectivity index (χ0v) is 17.9. The van der Waals surface area contributed by atoms with Crippen LogP contribution in [-0.4, -0.2) is 34.7 Å². The molecule has 11 heteroatoms. The van der Waals surface area contributed by atoms with Gasteiger partial charge in [0.15, 0.2) is 9.84 Å². The molecule has 0 aliphatic heterocycles. The SMILES string of the molecule is Cc1cc(Nc2ccncc2S(=O)(=O)CC(=O)CC(C)C)ccc1OP(=O)(O)O. The first-order valence-electron chi connectivity index (χ1n) is 8.68. The number of nitrogens with one attached hydrogen (secondary N) is 1. The Morgan fingerprint density at radius 3 is 2.55 bits per heavy atom. The summed E-state index contributed by atoms with van der Waals surface area (Å²) >= 11 is 0. The summed E-state index contributed by atoms with van der Waals surface area (Å²) in [5.41, 5.74) is 1.14. The van der Waals surface area contributed by atoms with Crippen LogP contribution in [0.25, 0.3) is 0 Å². The van der Waals surface area contributed by atoms with Gasteiger partial charge in [-0.2, -0.15) is 0 Å².